The molecule has 0 aliphatic carbocycles. The van der Waals surface area contributed by atoms with Gasteiger partial charge >= 0.3 is 0 Å². The monoisotopic (exact) mass is 233 g/mol. The Kier molecular flexibility index (Phi) is 4.04. The van der Waals surface area contributed by atoms with Crippen molar-refractivity contribution in [3.05, 3.63) is 36.4 Å². The van der Waals surface area contributed by atoms with E-state index in [2.05, 4.69) is 24.9 Å². The fraction of sp³-hybridized carbons (Fsp3) is 0.429. The molecule has 1 aromatic rings. The topological polar surface area (TPSA) is 30.5 Å². The van der Waals surface area contributed by atoms with Gasteiger partial charge in [-0.2, -0.15) is 0 Å². The number of ether oxygens (including phenoxy) is 2. The molecule has 1 aliphatic heterocycles. The maximum atomic E-state index is 5.75. The predicted molar refractivity (Wildman–Crippen MR) is 68.5 cm³/mol. The second-order valence-electron chi connectivity index (χ2n) is 4.20. The van der Waals surface area contributed by atoms with E-state index in [1.807, 2.05) is 18.2 Å². The zero-order valence-electron chi connectivity index (χ0n) is 10.2. The molecule has 2 rings (SSSR count). The van der Waals surface area contributed by atoms with E-state index in [9.17, 15) is 0 Å². The van der Waals surface area contributed by atoms with E-state index in [1.165, 1.54) is 0 Å². The molecule has 0 fully saturated rings. The first-order valence-electron chi connectivity index (χ1n) is 6.04. The van der Waals surface area contributed by atoms with Crippen molar-refractivity contribution in [1.29, 1.82) is 0 Å². The fourth-order valence-electron chi connectivity index (χ4n) is 1.75. The third-order valence-corrected chi connectivity index (χ3v) is 2.82. The van der Waals surface area contributed by atoms with Crippen molar-refractivity contribution in [1.82, 2.24) is 5.32 Å². The first-order chi connectivity index (χ1) is 8.31. The Morgan fingerprint density at radius 2 is 2.24 bits per heavy atom. The lowest BCUT2D eigenvalue weighted by Gasteiger charge is -2.14. The Morgan fingerprint density at radius 1 is 1.41 bits per heavy atom. The number of rotatable bonds is 4. The zero-order chi connectivity index (χ0) is 12.1. The molecule has 0 spiro atoms. The van der Waals surface area contributed by atoms with Gasteiger partial charge in [0.15, 0.2) is 11.5 Å². The maximum absolute atomic E-state index is 5.75. The predicted octanol–water partition coefficient (Wildman–Crippen LogP) is 2.51. The van der Waals surface area contributed by atoms with Gasteiger partial charge in [0.2, 0.25) is 0 Å². The molecule has 0 saturated heterocycles. The van der Waals surface area contributed by atoms with Crippen molar-refractivity contribution in [2.24, 2.45) is 0 Å². The molecule has 1 unspecified atom stereocenters. The number of nitrogens with one attached hydrogen (secondary N) is 1. The van der Waals surface area contributed by atoms with Gasteiger partial charge < -0.3 is 14.8 Å². The number of para-hydroxylation sites is 1. The van der Waals surface area contributed by atoms with Crippen molar-refractivity contribution >= 4 is 0 Å². The quantitative estimate of drug-likeness (QED) is 0.811. The number of fused-ring (bicyclic) bond motifs is 1. The molecular formula is C14H19NO2. The Labute approximate surface area is 102 Å². The molecule has 17 heavy (non-hydrogen) atoms. The Balaban J connectivity index is 2.13. The van der Waals surface area contributed by atoms with Crippen molar-refractivity contribution in [2.75, 3.05) is 13.2 Å². The molecule has 0 aromatic heterocycles. The van der Waals surface area contributed by atoms with Crippen LogP contribution in [0.1, 0.15) is 18.9 Å². The highest BCUT2D eigenvalue weighted by molar-refractivity contribution is 5.47. The smallest absolute Gasteiger partial charge is 0.165 e. The molecule has 3 heteroatoms. The molecule has 3 nitrogen and oxygen atoms in total. The fourth-order valence-corrected chi connectivity index (χ4v) is 1.75. The van der Waals surface area contributed by atoms with Gasteiger partial charge in [0.05, 0.1) is 13.2 Å². The normalized spacial score (nSPS) is 16.1. The van der Waals surface area contributed by atoms with Gasteiger partial charge in [0, 0.05) is 24.6 Å². The lowest BCUT2D eigenvalue weighted by Crippen LogP contribution is -2.23. The third kappa shape index (κ3) is 3.01. The molecule has 1 aromatic carbocycles. The SMILES string of the molecule is C=CC(C)NCc1cccc2c1OCCCO2. The van der Waals surface area contributed by atoms with E-state index in [0.29, 0.717) is 0 Å². The summed E-state index contributed by atoms with van der Waals surface area (Å²) in [5, 5.41) is 3.37. The van der Waals surface area contributed by atoms with Crippen LogP contribution in [0.15, 0.2) is 30.9 Å². The maximum Gasteiger partial charge on any atom is 0.165 e. The van der Waals surface area contributed by atoms with Crippen molar-refractivity contribution < 1.29 is 9.47 Å². The van der Waals surface area contributed by atoms with Crippen LogP contribution in [-0.4, -0.2) is 19.3 Å². The second kappa shape index (κ2) is 5.73. The van der Waals surface area contributed by atoms with Gasteiger partial charge in [-0.05, 0) is 13.0 Å². The second-order valence-corrected chi connectivity index (χ2v) is 4.20. The first-order valence-corrected chi connectivity index (χ1v) is 6.04. The summed E-state index contributed by atoms with van der Waals surface area (Å²) in [5.41, 5.74) is 1.14. The van der Waals surface area contributed by atoms with Crippen LogP contribution in [0.2, 0.25) is 0 Å². The molecule has 0 amide bonds. The molecular weight excluding hydrogens is 214 g/mol. The van der Waals surface area contributed by atoms with Crippen molar-refractivity contribution in [3.8, 4) is 11.5 Å². The minimum atomic E-state index is 0.289. The van der Waals surface area contributed by atoms with Crippen LogP contribution < -0.4 is 14.8 Å². The summed E-state index contributed by atoms with van der Waals surface area (Å²) in [6.45, 7) is 8.05. The molecule has 1 N–H and O–H groups in total. The van der Waals surface area contributed by atoms with Crippen molar-refractivity contribution in [2.45, 2.75) is 25.9 Å². The van der Waals surface area contributed by atoms with Crippen LogP contribution in [-0.2, 0) is 6.54 Å². The van der Waals surface area contributed by atoms with E-state index >= 15 is 0 Å². The summed E-state index contributed by atoms with van der Waals surface area (Å²) in [6, 6.07) is 6.32. The Bertz CT molecular complexity index is 390. The van der Waals surface area contributed by atoms with Crippen LogP contribution >= 0.6 is 0 Å². The highest BCUT2D eigenvalue weighted by atomic mass is 16.5. The first kappa shape index (κ1) is 12.0. The van der Waals surface area contributed by atoms with E-state index in [4.69, 9.17) is 9.47 Å². The number of benzene rings is 1. The van der Waals surface area contributed by atoms with Gasteiger partial charge in [-0.25, -0.2) is 0 Å². The summed E-state index contributed by atoms with van der Waals surface area (Å²) in [4.78, 5) is 0. The average molecular weight is 233 g/mol. The molecule has 0 radical (unpaired) electrons. The summed E-state index contributed by atoms with van der Waals surface area (Å²) < 4.78 is 11.4. The average Bonchev–Trinajstić information content (AvgIpc) is 2.61. The van der Waals surface area contributed by atoms with E-state index < -0.39 is 0 Å². The van der Waals surface area contributed by atoms with Gasteiger partial charge in [0.1, 0.15) is 0 Å². The van der Waals surface area contributed by atoms with E-state index in [-0.39, 0.29) is 6.04 Å². The molecule has 1 atom stereocenters. The lowest BCUT2D eigenvalue weighted by molar-refractivity contribution is 0.296. The number of hydrogen-bond acceptors (Lipinski definition) is 3. The molecule has 0 saturated carbocycles. The van der Waals surface area contributed by atoms with Gasteiger partial charge in [-0.3, -0.25) is 0 Å². The van der Waals surface area contributed by atoms with E-state index in [1.54, 1.807) is 0 Å². The highest BCUT2D eigenvalue weighted by Crippen LogP contribution is 2.33. The van der Waals surface area contributed by atoms with Gasteiger partial charge in [-0.1, -0.05) is 18.2 Å². The molecule has 92 valence electrons. The Morgan fingerprint density at radius 3 is 3.06 bits per heavy atom. The third-order valence-electron chi connectivity index (χ3n) is 2.82. The van der Waals surface area contributed by atoms with Crippen molar-refractivity contribution in [3.63, 3.8) is 0 Å². The van der Waals surface area contributed by atoms with Gasteiger partial charge in [0.25, 0.3) is 0 Å². The van der Waals surface area contributed by atoms with Crippen LogP contribution in [0, 0.1) is 0 Å². The summed E-state index contributed by atoms with van der Waals surface area (Å²) in [5.74, 6) is 1.74. The largest absolute Gasteiger partial charge is 0.490 e. The summed E-state index contributed by atoms with van der Waals surface area (Å²) in [7, 11) is 0. The highest BCUT2D eigenvalue weighted by Gasteiger charge is 2.14. The lowest BCUT2D eigenvalue weighted by atomic mass is 10.1. The van der Waals surface area contributed by atoms with Gasteiger partial charge in [-0.15, -0.1) is 6.58 Å². The standard InChI is InChI=1S/C14H19NO2/c1-3-11(2)15-10-12-6-4-7-13-14(12)17-9-5-8-16-13/h3-4,6-7,11,15H,1,5,8-10H2,2H3. The zero-order valence-corrected chi connectivity index (χ0v) is 10.2. The Hall–Kier alpha value is -1.48. The minimum absolute atomic E-state index is 0.289. The van der Waals surface area contributed by atoms with E-state index in [0.717, 1.165) is 43.2 Å². The minimum Gasteiger partial charge on any atom is -0.490 e. The summed E-state index contributed by atoms with van der Waals surface area (Å²) >= 11 is 0. The van der Waals surface area contributed by atoms with Crippen LogP contribution in [0.5, 0.6) is 11.5 Å². The van der Waals surface area contributed by atoms with Crippen LogP contribution in [0.4, 0.5) is 0 Å². The molecule has 1 heterocycles. The van der Waals surface area contributed by atoms with Crippen LogP contribution in [0.3, 0.4) is 0 Å². The molecule has 0 bridgehead atoms. The molecule has 1 aliphatic rings. The summed E-state index contributed by atoms with van der Waals surface area (Å²) in [6.07, 6.45) is 2.82. The number of hydrogen-bond donors (Lipinski definition) is 1. The van der Waals surface area contributed by atoms with Crippen LogP contribution in [0.25, 0.3) is 0 Å².